The van der Waals surface area contributed by atoms with E-state index in [0.29, 0.717) is 16.7 Å². The Kier molecular flexibility index (Phi) is 1.74. The minimum absolute atomic E-state index is 0.370. The molecule has 0 saturated heterocycles. The Balaban J connectivity index is 1.74. The smallest absolute Gasteiger partial charge is 0.0661 e. The zero-order valence-corrected chi connectivity index (χ0v) is 8.93. The molecule has 0 radical (unpaired) electrons. The lowest BCUT2D eigenvalue weighted by molar-refractivity contribution is 0.422. The highest BCUT2D eigenvalue weighted by Crippen LogP contribution is 2.60. The first-order valence-electron chi connectivity index (χ1n) is 5.38. The molecule has 3 atom stereocenters. The van der Waals surface area contributed by atoms with Crippen LogP contribution in [0.15, 0.2) is 0 Å². The zero-order chi connectivity index (χ0) is 9.69. The molecular formula is C12H19N. The summed E-state index contributed by atoms with van der Waals surface area (Å²) < 4.78 is 0. The Hall–Kier alpha value is -0.510. The van der Waals surface area contributed by atoms with Crippen molar-refractivity contribution in [2.24, 2.45) is 22.7 Å². The van der Waals surface area contributed by atoms with Crippen LogP contribution in [-0.4, -0.2) is 0 Å². The van der Waals surface area contributed by atoms with Crippen LogP contribution in [0.2, 0.25) is 0 Å². The number of nitrogens with zero attached hydrogens (tertiary/aromatic N) is 1. The summed E-state index contributed by atoms with van der Waals surface area (Å²) in [5, 5.41) is 8.78. The lowest BCUT2D eigenvalue weighted by atomic mass is 9.96. The molecule has 0 aromatic carbocycles. The van der Waals surface area contributed by atoms with Gasteiger partial charge < -0.3 is 0 Å². The highest BCUT2D eigenvalue weighted by atomic mass is 14.6. The molecule has 0 N–H and O–H groups in total. The van der Waals surface area contributed by atoms with Crippen LogP contribution in [0.1, 0.15) is 46.5 Å². The summed E-state index contributed by atoms with van der Waals surface area (Å²) >= 11 is 0. The van der Waals surface area contributed by atoms with Gasteiger partial charge in [-0.2, -0.15) is 5.26 Å². The third-order valence-electron chi connectivity index (χ3n) is 4.29. The van der Waals surface area contributed by atoms with E-state index in [2.05, 4.69) is 26.8 Å². The number of hydrogen-bond acceptors (Lipinski definition) is 1. The molecular weight excluding hydrogens is 158 g/mol. The molecule has 2 unspecified atom stereocenters. The van der Waals surface area contributed by atoms with Crippen molar-refractivity contribution in [3.63, 3.8) is 0 Å². The van der Waals surface area contributed by atoms with E-state index in [0.717, 1.165) is 12.3 Å². The molecule has 0 aromatic rings. The van der Waals surface area contributed by atoms with Gasteiger partial charge in [0.2, 0.25) is 0 Å². The predicted octanol–water partition coefficient (Wildman–Crippen LogP) is 3.36. The Morgan fingerprint density at radius 2 is 1.92 bits per heavy atom. The minimum atomic E-state index is 0.370. The SMILES string of the molecule is CC1(C)CC1CCC1(C)C[C@@H]1C#N. The first-order chi connectivity index (χ1) is 5.98. The van der Waals surface area contributed by atoms with Gasteiger partial charge >= 0.3 is 0 Å². The second-order valence-electron chi connectivity index (χ2n) is 5.97. The Morgan fingerprint density at radius 1 is 1.31 bits per heavy atom. The topological polar surface area (TPSA) is 23.8 Å². The Bertz CT molecular complexity index is 261. The van der Waals surface area contributed by atoms with Gasteiger partial charge in [-0.1, -0.05) is 20.8 Å². The molecule has 0 bridgehead atoms. The van der Waals surface area contributed by atoms with Crippen LogP contribution >= 0.6 is 0 Å². The average molecular weight is 177 g/mol. The van der Waals surface area contributed by atoms with E-state index in [4.69, 9.17) is 5.26 Å². The fraction of sp³-hybridized carbons (Fsp3) is 0.917. The molecule has 0 amide bonds. The van der Waals surface area contributed by atoms with Crippen LogP contribution in [0.3, 0.4) is 0 Å². The third-order valence-corrected chi connectivity index (χ3v) is 4.29. The fourth-order valence-corrected chi connectivity index (χ4v) is 2.46. The Labute approximate surface area is 81.1 Å². The van der Waals surface area contributed by atoms with Gasteiger partial charge in [0.05, 0.1) is 12.0 Å². The third kappa shape index (κ3) is 1.59. The van der Waals surface area contributed by atoms with Gasteiger partial charge in [0.15, 0.2) is 0 Å². The van der Waals surface area contributed by atoms with Gasteiger partial charge in [-0.15, -0.1) is 0 Å². The van der Waals surface area contributed by atoms with Crippen molar-refractivity contribution in [1.82, 2.24) is 0 Å². The molecule has 13 heavy (non-hydrogen) atoms. The molecule has 2 fully saturated rings. The van der Waals surface area contributed by atoms with E-state index >= 15 is 0 Å². The van der Waals surface area contributed by atoms with Crippen molar-refractivity contribution in [3.8, 4) is 6.07 Å². The average Bonchev–Trinajstić information content (AvgIpc) is 2.87. The predicted molar refractivity (Wildman–Crippen MR) is 52.9 cm³/mol. The summed E-state index contributed by atoms with van der Waals surface area (Å²) in [5.41, 5.74) is 1.01. The van der Waals surface area contributed by atoms with Crippen molar-refractivity contribution in [1.29, 1.82) is 5.26 Å². The highest BCUT2D eigenvalue weighted by Gasteiger charge is 2.52. The molecule has 1 heteroatoms. The van der Waals surface area contributed by atoms with E-state index < -0.39 is 0 Å². The van der Waals surface area contributed by atoms with Crippen LogP contribution in [0, 0.1) is 34.0 Å². The van der Waals surface area contributed by atoms with Crippen molar-refractivity contribution in [2.75, 3.05) is 0 Å². The maximum Gasteiger partial charge on any atom is 0.0661 e. The number of hydrogen-bond donors (Lipinski definition) is 0. The highest BCUT2D eigenvalue weighted by molar-refractivity contribution is 5.10. The summed E-state index contributed by atoms with van der Waals surface area (Å²) in [6.45, 7) is 6.99. The van der Waals surface area contributed by atoms with Crippen molar-refractivity contribution in [3.05, 3.63) is 0 Å². The molecule has 1 nitrogen and oxygen atoms in total. The van der Waals surface area contributed by atoms with Crippen LogP contribution < -0.4 is 0 Å². The van der Waals surface area contributed by atoms with Crippen LogP contribution in [0.5, 0.6) is 0 Å². The lowest BCUT2D eigenvalue weighted by Crippen LogP contribution is -1.99. The normalized spacial score (nSPS) is 45.4. The molecule has 0 spiro atoms. The molecule has 2 aliphatic rings. The van der Waals surface area contributed by atoms with Gasteiger partial charge in [-0.3, -0.25) is 0 Å². The van der Waals surface area contributed by atoms with Crippen LogP contribution in [0.25, 0.3) is 0 Å². The van der Waals surface area contributed by atoms with E-state index in [1.165, 1.54) is 19.3 Å². The number of nitriles is 1. The quantitative estimate of drug-likeness (QED) is 0.648. The minimum Gasteiger partial charge on any atom is -0.198 e. The second kappa shape index (κ2) is 2.50. The van der Waals surface area contributed by atoms with E-state index in [-0.39, 0.29) is 0 Å². The van der Waals surface area contributed by atoms with Gasteiger partial charge in [0.1, 0.15) is 0 Å². The molecule has 0 heterocycles. The van der Waals surface area contributed by atoms with Gasteiger partial charge in [-0.25, -0.2) is 0 Å². The van der Waals surface area contributed by atoms with Gasteiger partial charge in [0.25, 0.3) is 0 Å². The van der Waals surface area contributed by atoms with E-state index in [9.17, 15) is 0 Å². The first kappa shape index (κ1) is 9.06. The monoisotopic (exact) mass is 177 g/mol. The van der Waals surface area contributed by atoms with Crippen molar-refractivity contribution >= 4 is 0 Å². The molecule has 2 aliphatic carbocycles. The standard InChI is InChI=1S/C12H19N/c1-11(2)6-9(11)4-5-12(3)7-10(12)8-13/h9-10H,4-7H2,1-3H3/t9?,10-,12?/m1/s1. The van der Waals surface area contributed by atoms with Crippen molar-refractivity contribution < 1.29 is 0 Å². The largest absolute Gasteiger partial charge is 0.198 e. The molecule has 0 aromatic heterocycles. The fourth-order valence-electron chi connectivity index (χ4n) is 2.46. The number of rotatable bonds is 3. The first-order valence-corrected chi connectivity index (χ1v) is 5.38. The maximum atomic E-state index is 8.78. The van der Waals surface area contributed by atoms with E-state index in [1.54, 1.807) is 0 Å². The van der Waals surface area contributed by atoms with E-state index in [1.807, 2.05) is 0 Å². The summed E-state index contributed by atoms with van der Waals surface area (Å²) in [5.74, 6) is 1.32. The molecule has 2 saturated carbocycles. The summed E-state index contributed by atoms with van der Waals surface area (Å²) in [6.07, 6.45) is 5.18. The van der Waals surface area contributed by atoms with Crippen LogP contribution in [0.4, 0.5) is 0 Å². The van der Waals surface area contributed by atoms with Gasteiger partial charge in [-0.05, 0) is 42.4 Å². The second-order valence-corrected chi connectivity index (χ2v) is 5.97. The molecule has 2 rings (SSSR count). The van der Waals surface area contributed by atoms with Gasteiger partial charge in [0, 0.05) is 0 Å². The summed E-state index contributed by atoms with van der Waals surface area (Å²) in [4.78, 5) is 0. The lowest BCUT2D eigenvalue weighted by Gasteiger charge is -2.09. The Morgan fingerprint density at radius 3 is 2.31 bits per heavy atom. The molecule has 0 aliphatic heterocycles. The summed E-state index contributed by atoms with van der Waals surface area (Å²) in [6, 6.07) is 2.39. The van der Waals surface area contributed by atoms with Crippen molar-refractivity contribution in [2.45, 2.75) is 46.5 Å². The zero-order valence-electron chi connectivity index (χ0n) is 8.93. The summed E-state index contributed by atoms with van der Waals surface area (Å²) in [7, 11) is 0. The van der Waals surface area contributed by atoms with Crippen LogP contribution in [-0.2, 0) is 0 Å². The maximum absolute atomic E-state index is 8.78. The molecule has 72 valence electrons.